The fraction of sp³-hybridized carbons (Fsp3) is 0.171. The molecule has 0 radical (unpaired) electrons. The number of nitrogens with two attached hydrogens (primary N) is 1. The first-order valence-electron chi connectivity index (χ1n) is 14.4. The van der Waals surface area contributed by atoms with E-state index in [9.17, 15) is 4.79 Å². The molecule has 0 aliphatic carbocycles. The minimum absolute atomic E-state index is 0.0869. The van der Waals surface area contributed by atoms with Gasteiger partial charge >= 0.3 is 0 Å². The van der Waals surface area contributed by atoms with Crippen LogP contribution in [0.4, 0.5) is 11.6 Å². The van der Waals surface area contributed by atoms with Crippen molar-refractivity contribution in [2.75, 3.05) is 24.4 Å². The molecular formula is C35H35N7O3. The molecule has 0 saturated heterocycles. The van der Waals surface area contributed by atoms with Crippen LogP contribution in [-0.4, -0.2) is 41.3 Å². The van der Waals surface area contributed by atoms with Gasteiger partial charge in [-0.25, -0.2) is 9.97 Å². The topological polar surface area (TPSA) is 139 Å². The number of pyridine rings is 3. The average molecular weight is 602 g/mol. The number of amides is 1. The molecule has 0 atom stereocenters. The maximum atomic E-state index is 12.6. The number of allylic oxidation sites excluding steroid dienone is 1. The molecule has 3 heterocycles. The van der Waals surface area contributed by atoms with E-state index in [1.165, 1.54) is 6.08 Å². The number of nitrogens with zero attached hydrogens (tertiary/aromatic N) is 4. The zero-order valence-electron chi connectivity index (χ0n) is 25.4. The van der Waals surface area contributed by atoms with Gasteiger partial charge in [0.1, 0.15) is 23.1 Å². The number of anilines is 2. The molecule has 228 valence electrons. The fourth-order valence-electron chi connectivity index (χ4n) is 5.00. The first-order chi connectivity index (χ1) is 21.9. The molecule has 2 aromatic carbocycles. The first kappa shape index (κ1) is 30.7. The minimum Gasteiger partial charge on any atom is -0.497 e. The summed E-state index contributed by atoms with van der Waals surface area (Å²) < 4.78 is 10.8. The molecule has 0 aliphatic rings. The van der Waals surface area contributed by atoms with E-state index in [0.29, 0.717) is 18.9 Å². The lowest BCUT2D eigenvalue weighted by molar-refractivity contribution is -0.112. The Morgan fingerprint density at radius 3 is 2.18 bits per heavy atom. The number of nitrogens with one attached hydrogen (secondary N) is 2. The number of benzene rings is 2. The highest BCUT2D eigenvalue weighted by Crippen LogP contribution is 2.34. The number of ether oxygens (including phenoxy) is 2. The van der Waals surface area contributed by atoms with Crippen molar-refractivity contribution in [2.45, 2.75) is 26.4 Å². The molecule has 45 heavy (non-hydrogen) atoms. The monoisotopic (exact) mass is 601 g/mol. The third kappa shape index (κ3) is 7.24. The molecule has 5 rings (SSSR count). The molecule has 10 nitrogen and oxygen atoms in total. The number of carbonyl (C=O) groups excluding carboxylic acids is 1. The van der Waals surface area contributed by atoms with Gasteiger partial charge in [-0.1, -0.05) is 31.2 Å². The van der Waals surface area contributed by atoms with Crippen LogP contribution in [0.3, 0.4) is 0 Å². The fourth-order valence-corrected chi connectivity index (χ4v) is 5.00. The molecule has 0 saturated carbocycles. The summed E-state index contributed by atoms with van der Waals surface area (Å²) in [6.45, 7) is 3.21. The summed E-state index contributed by atoms with van der Waals surface area (Å²) in [5.74, 6) is 2.08. The number of aryl methyl sites for hydroxylation is 1. The Labute approximate surface area is 262 Å². The van der Waals surface area contributed by atoms with E-state index in [2.05, 4.69) is 27.1 Å². The Morgan fingerprint density at radius 1 is 0.956 bits per heavy atom. The van der Waals surface area contributed by atoms with E-state index in [1.54, 1.807) is 32.7 Å². The zero-order chi connectivity index (χ0) is 31.8. The van der Waals surface area contributed by atoms with Crippen molar-refractivity contribution in [3.63, 3.8) is 0 Å². The average Bonchev–Trinajstić information content (AvgIpc) is 3.08. The van der Waals surface area contributed by atoms with Gasteiger partial charge < -0.3 is 30.8 Å². The SMILES string of the molecule is CCc1ccncc1-c1cc2cc(NC(=O)C(N)=CC=N)ncc2c(N(Cc2ccc(OC)cc2)Cc2ccc(OC)cc2)n1. The first-order valence-corrected chi connectivity index (χ1v) is 14.4. The van der Waals surface area contributed by atoms with E-state index in [-0.39, 0.29) is 5.70 Å². The number of rotatable bonds is 12. The summed E-state index contributed by atoms with van der Waals surface area (Å²) in [7, 11) is 3.30. The molecule has 0 aliphatic heterocycles. The number of methoxy groups -OCH3 is 2. The highest BCUT2D eigenvalue weighted by molar-refractivity contribution is 6.05. The summed E-state index contributed by atoms with van der Waals surface area (Å²) in [5.41, 5.74) is 10.7. The second-order valence-electron chi connectivity index (χ2n) is 10.3. The Balaban J connectivity index is 1.67. The highest BCUT2D eigenvalue weighted by Gasteiger charge is 2.19. The number of hydrogen-bond acceptors (Lipinski definition) is 9. The summed E-state index contributed by atoms with van der Waals surface area (Å²) in [6.07, 6.45) is 8.33. The lowest BCUT2D eigenvalue weighted by Crippen LogP contribution is -2.24. The number of hydrogen-bond donors (Lipinski definition) is 3. The second-order valence-corrected chi connectivity index (χ2v) is 10.3. The molecule has 4 N–H and O–H groups in total. The molecular weight excluding hydrogens is 566 g/mol. The number of aromatic nitrogens is 3. The molecule has 3 aromatic heterocycles. The Bertz CT molecular complexity index is 1790. The van der Waals surface area contributed by atoms with Gasteiger partial charge in [0.15, 0.2) is 0 Å². The van der Waals surface area contributed by atoms with Crippen LogP contribution in [-0.2, 0) is 24.3 Å². The Kier molecular flexibility index (Phi) is 9.64. The molecule has 10 heteroatoms. The van der Waals surface area contributed by atoms with Crippen molar-refractivity contribution in [1.29, 1.82) is 5.41 Å². The minimum atomic E-state index is -0.541. The molecule has 0 fully saturated rings. The van der Waals surface area contributed by atoms with Crippen LogP contribution in [0, 0.1) is 5.41 Å². The predicted octanol–water partition coefficient (Wildman–Crippen LogP) is 5.91. The third-order valence-electron chi connectivity index (χ3n) is 7.39. The summed E-state index contributed by atoms with van der Waals surface area (Å²) in [6, 6.07) is 21.7. The van der Waals surface area contributed by atoms with Crippen molar-refractivity contribution >= 4 is 34.5 Å². The maximum absolute atomic E-state index is 12.6. The van der Waals surface area contributed by atoms with Gasteiger partial charge in [0, 0.05) is 48.8 Å². The van der Waals surface area contributed by atoms with E-state index in [0.717, 1.165) is 68.7 Å². The van der Waals surface area contributed by atoms with Gasteiger partial charge in [0.05, 0.1) is 25.6 Å². The molecule has 0 bridgehead atoms. The van der Waals surface area contributed by atoms with Crippen molar-refractivity contribution in [1.82, 2.24) is 15.0 Å². The maximum Gasteiger partial charge on any atom is 0.272 e. The Hall–Kier alpha value is -5.77. The van der Waals surface area contributed by atoms with Crippen LogP contribution in [0.2, 0.25) is 0 Å². The predicted molar refractivity (Wildman–Crippen MR) is 178 cm³/mol. The van der Waals surface area contributed by atoms with Gasteiger partial charge in [-0.15, -0.1) is 0 Å². The zero-order valence-corrected chi connectivity index (χ0v) is 25.4. The van der Waals surface area contributed by atoms with Crippen molar-refractivity contribution in [3.8, 4) is 22.8 Å². The Morgan fingerprint density at radius 2 is 1.60 bits per heavy atom. The van der Waals surface area contributed by atoms with Crippen LogP contribution in [0.15, 0.2) is 97.1 Å². The van der Waals surface area contributed by atoms with E-state index in [1.807, 2.05) is 66.9 Å². The summed E-state index contributed by atoms with van der Waals surface area (Å²) in [5, 5.41) is 11.6. The largest absolute Gasteiger partial charge is 0.497 e. The van der Waals surface area contributed by atoms with Crippen molar-refractivity contribution < 1.29 is 14.3 Å². The van der Waals surface area contributed by atoms with Gasteiger partial charge in [-0.2, -0.15) is 0 Å². The quantitative estimate of drug-likeness (QED) is 0.119. The van der Waals surface area contributed by atoms with Crippen LogP contribution >= 0.6 is 0 Å². The normalized spacial score (nSPS) is 11.2. The second kappa shape index (κ2) is 14.1. The van der Waals surface area contributed by atoms with E-state index < -0.39 is 5.91 Å². The van der Waals surface area contributed by atoms with Crippen molar-refractivity contribution in [2.24, 2.45) is 5.73 Å². The van der Waals surface area contributed by atoms with Crippen LogP contribution in [0.25, 0.3) is 22.0 Å². The summed E-state index contributed by atoms with van der Waals surface area (Å²) >= 11 is 0. The molecule has 0 spiro atoms. The smallest absolute Gasteiger partial charge is 0.272 e. The molecule has 5 aromatic rings. The van der Waals surface area contributed by atoms with E-state index in [4.69, 9.17) is 25.6 Å². The van der Waals surface area contributed by atoms with Crippen LogP contribution in [0.1, 0.15) is 23.6 Å². The van der Waals surface area contributed by atoms with Gasteiger partial charge in [0.2, 0.25) is 0 Å². The van der Waals surface area contributed by atoms with Crippen LogP contribution in [0.5, 0.6) is 11.5 Å². The van der Waals surface area contributed by atoms with Crippen molar-refractivity contribution in [3.05, 3.63) is 114 Å². The van der Waals surface area contributed by atoms with Gasteiger partial charge in [-0.3, -0.25) is 9.78 Å². The van der Waals surface area contributed by atoms with E-state index >= 15 is 0 Å². The number of fused-ring (bicyclic) bond motifs is 1. The molecule has 0 unspecified atom stereocenters. The highest BCUT2D eigenvalue weighted by atomic mass is 16.5. The summed E-state index contributed by atoms with van der Waals surface area (Å²) in [4.78, 5) is 29.0. The van der Waals surface area contributed by atoms with Crippen LogP contribution < -0.4 is 25.4 Å². The van der Waals surface area contributed by atoms with Gasteiger partial charge in [0.25, 0.3) is 5.91 Å². The lowest BCUT2D eigenvalue weighted by atomic mass is 10.0. The standard InChI is InChI=1S/C35H35N7O3/c1-4-25-14-16-38-19-29(25)32-17-26-18-33(41-35(43)31(37)13-15-36)39-20-30(26)34(40-32)42(21-23-5-9-27(44-2)10-6-23)22-24-7-11-28(45-3)12-8-24/h5-20,36H,4,21-22,37H2,1-3H3,(H,39,41,43). The number of carbonyl (C=O) groups is 1. The van der Waals surface area contributed by atoms with Gasteiger partial charge in [-0.05, 0) is 77.0 Å². The lowest BCUT2D eigenvalue weighted by Gasteiger charge is -2.26. The third-order valence-corrected chi connectivity index (χ3v) is 7.39. The molecule has 1 amide bonds.